The van der Waals surface area contributed by atoms with Crippen LogP contribution in [0.1, 0.15) is 18.9 Å². The normalized spacial score (nSPS) is 10.7. The molecule has 5 N–H and O–H groups in total. The first-order valence-electron chi connectivity index (χ1n) is 8.16. The molecule has 6 nitrogen and oxygen atoms in total. The molecule has 2 aromatic rings. The number of nitrogens with one attached hydrogen (secondary N) is 1. The Morgan fingerprint density at radius 2 is 1.74 bits per heavy atom. The topological polar surface area (TPSA) is 101 Å². The SMILES string of the molecule is CC(N)CC(=O)Nc1cccc(N(CC(N)=O)Cc2ccccc2)c1.Cl.Cl. The number of halogens is 2. The number of nitrogens with zero attached hydrogens (tertiary/aromatic N) is 1. The third kappa shape index (κ3) is 8.77. The number of carbonyl (C=O) groups excluding carboxylic acids is 2. The Balaban J connectivity index is 0.00000338. The fourth-order valence-electron chi connectivity index (χ4n) is 2.52. The van der Waals surface area contributed by atoms with Crippen LogP contribution in [0.2, 0.25) is 0 Å². The predicted octanol–water partition coefficient (Wildman–Crippen LogP) is 2.70. The maximum Gasteiger partial charge on any atom is 0.236 e. The van der Waals surface area contributed by atoms with Crippen molar-refractivity contribution >= 4 is 48.0 Å². The molecule has 0 aliphatic carbocycles. The number of hydrogen-bond acceptors (Lipinski definition) is 4. The van der Waals surface area contributed by atoms with Gasteiger partial charge in [0.05, 0.1) is 6.54 Å². The molecule has 8 heteroatoms. The van der Waals surface area contributed by atoms with Crippen molar-refractivity contribution in [3.63, 3.8) is 0 Å². The summed E-state index contributed by atoms with van der Waals surface area (Å²) in [5.41, 5.74) is 13.6. The second-order valence-corrected chi connectivity index (χ2v) is 6.09. The van der Waals surface area contributed by atoms with E-state index in [1.165, 1.54) is 0 Å². The number of amides is 2. The zero-order chi connectivity index (χ0) is 18.2. The van der Waals surface area contributed by atoms with E-state index in [9.17, 15) is 9.59 Å². The number of nitrogens with two attached hydrogens (primary N) is 2. The van der Waals surface area contributed by atoms with Crippen LogP contribution < -0.4 is 21.7 Å². The quantitative estimate of drug-likeness (QED) is 0.619. The molecule has 0 aliphatic heterocycles. The molecule has 2 aromatic carbocycles. The molecule has 1 unspecified atom stereocenters. The number of anilines is 2. The summed E-state index contributed by atoms with van der Waals surface area (Å²) in [5, 5.41) is 2.82. The molecule has 0 fully saturated rings. The molecule has 0 heterocycles. The fraction of sp³-hybridized carbons (Fsp3) is 0.263. The minimum atomic E-state index is -0.415. The van der Waals surface area contributed by atoms with Crippen molar-refractivity contribution in [3.8, 4) is 0 Å². The third-order valence-corrected chi connectivity index (χ3v) is 3.57. The Hall–Kier alpha value is -2.28. The number of primary amides is 1. The van der Waals surface area contributed by atoms with Crippen molar-refractivity contribution < 1.29 is 9.59 Å². The summed E-state index contributed by atoms with van der Waals surface area (Å²) in [4.78, 5) is 25.2. The molecule has 27 heavy (non-hydrogen) atoms. The summed E-state index contributed by atoms with van der Waals surface area (Å²) >= 11 is 0. The van der Waals surface area contributed by atoms with Gasteiger partial charge in [-0.1, -0.05) is 36.4 Å². The highest BCUT2D eigenvalue weighted by Gasteiger charge is 2.12. The minimum absolute atomic E-state index is 0. The lowest BCUT2D eigenvalue weighted by Gasteiger charge is -2.24. The molecule has 1 atom stereocenters. The van der Waals surface area contributed by atoms with Crippen LogP contribution in [0.3, 0.4) is 0 Å². The summed E-state index contributed by atoms with van der Waals surface area (Å²) in [7, 11) is 0. The molecule has 0 aliphatic rings. The molecule has 0 saturated heterocycles. The zero-order valence-electron chi connectivity index (χ0n) is 15.1. The fourth-order valence-corrected chi connectivity index (χ4v) is 2.52. The smallest absolute Gasteiger partial charge is 0.236 e. The molecule has 2 amide bonds. The van der Waals surface area contributed by atoms with E-state index in [-0.39, 0.29) is 49.7 Å². The van der Waals surface area contributed by atoms with Crippen LogP contribution in [0.25, 0.3) is 0 Å². The third-order valence-electron chi connectivity index (χ3n) is 3.57. The van der Waals surface area contributed by atoms with Gasteiger partial charge >= 0.3 is 0 Å². The van der Waals surface area contributed by atoms with E-state index in [4.69, 9.17) is 11.5 Å². The monoisotopic (exact) mass is 412 g/mol. The van der Waals surface area contributed by atoms with Gasteiger partial charge in [0.15, 0.2) is 0 Å². The highest BCUT2D eigenvalue weighted by atomic mass is 35.5. The Morgan fingerprint density at radius 1 is 1.07 bits per heavy atom. The van der Waals surface area contributed by atoms with E-state index >= 15 is 0 Å². The van der Waals surface area contributed by atoms with Gasteiger partial charge in [0, 0.05) is 30.4 Å². The summed E-state index contributed by atoms with van der Waals surface area (Å²) in [5.74, 6) is -0.556. The Morgan fingerprint density at radius 3 is 2.33 bits per heavy atom. The van der Waals surface area contributed by atoms with E-state index in [0.717, 1.165) is 11.3 Å². The van der Waals surface area contributed by atoms with Crippen molar-refractivity contribution in [2.75, 3.05) is 16.8 Å². The predicted molar refractivity (Wildman–Crippen MR) is 115 cm³/mol. The lowest BCUT2D eigenvalue weighted by molar-refractivity contribution is -0.117. The van der Waals surface area contributed by atoms with Crippen LogP contribution in [0.15, 0.2) is 54.6 Å². The van der Waals surface area contributed by atoms with Crippen LogP contribution in [0.4, 0.5) is 11.4 Å². The highest BCUT2D eigenvalue weighted by Crippen LogP contribution is 2.21. The van der Waals surface area contributed by atoms with Crippen molar-refractivity contribution in [3.05, 3.63) is 60.2 Å². The van der Waals surface area contributed by atoms with Gasteiger partial charge in [0.2, 0.25) is 11.8 Å². The van der Waals surface area contributed by atoms with Crippen molar-refractivity contribution in [2.24, 2.45) is 11.5 Å². The van der Waals surface area contributed by atoms with Gasteiger partial charge in [-0.05, 0) is 30.7 Å². The maximum absolute atomic E-state index is 11.9. The van der Waals surface area contributed by atoms with Crippen LogP contribution in [0.5, 0.6) is 0 Å². The molecule has 0 radical (unpaired) electrons. The van der Waals surface area contributed by atoms with Gasteiger partial charge < -0.3 is 21.7 Å². The Labute approximate surface area is 172 Å². The lowest BCUT2D eigenvalue weighted by atomic mass is 10.2. The molecule has 0 bridgehead atoms. The van der Waals surface area contributed by atoms with E-state index in [2.05, 4.69) is 5.32 Å². The van der Waals surface area contributed by atoms with E-state index < -0.39 is 5.91 Å². The molecule has 0 saturated carbocycles. The number of benzene rings is 2. The maximum atomic E-state index is 11.9. The first-order valence-corrected chi connectivity index (χ1v) is 8.16. The first-order chi connectivity index (χ1) is 11.9. The Kier molecular flexibility index (Phi) is 11.1. The summed E-state index contributed by atoms with van der Waals surface area (Å²) in [6, 6.07) is 16.9. The summed E-state index contributed by atoms with van der Waals surface area (Å²) in [6.45, 7) is 2.41. The van der Waals surface area contributed by atoms with Gasteiger partial charge in [-0.15, -0.1) is 24.8 Å². The van der Waals surface area contributed by atoms with Gasteiger partial charge in [-0.25, -0.2) is 0 Å². The van der Waals surface area contributed by atoms with Crippen LogP contribution in [0, 0.1) is 0 Å². The van der Waals surface area contributed by atoms with Crippen LogP contribution >= 0.6 is 24.8 Å². The minimum Gasteiger partial charge on any atom is -0.368 e. The summed E-state index contributed by atoms with van der Waals surface area (Å²) in [6.07, 6.45) is 0.249. The number of carbonyl (C=O) groups is 2. The number of rotatable bonds is 8. The van der Waals surface area contributed by atoms with Gasteiger partial charge in [0.25, 0.3) is 0 Å². The average Bonchev–Trinajstić information content (AvgIpc) is 2.54. The van der Waals surface area contributed by atoms with E-state index in [0.29, 0.717) is 12.2 Å². The molecule has 148 valence electrons. The molecule has 2 rings (SSSR count). The number of hydrogen-bond donors (Lipinski definition) is 3. The molecule has 0 aromatic heterocycles. The molecular formula is C19H26Cl2N4O2. The van der Waals surface area contributed by atoms with Gasteiger partial charge in [-0.3, -0.25) is 9.59 Å². The first kappa shape index (κ1) is 24.7. The van der Waals surface area contributed by atoms with Gasteiger partial charge in [-0.2, -0.15) is 0 Å². The largest absolute Gasteiger partial charge is 0.368 e. The Bertz CT molecular complexity index is 727. The van der Waals surface area contributed by atoms with Crippen LogP contribution in [-0.4, -0.2) is 24.4 Å². The molecular weight excluding hydrogens is 387 g/mol. The second kappa shape index (κ2) is 12.2. The van der Waals surface area contributed by atoms with Crippen molar-refractivity contribution in [2.45, 2.75) is 25.9 Å². The molecule has 0 spiro atoms. The van der Waals surface area contributed by atoms with Crippen molar-refractivity contribution in [1.82, 2.24) is 0 Å². The standard InChI is InChI=1S/C19H24N4O2.2ClH/c1-14(20)10-19(25)22-16-8-5-9-17(11-16)23(13-18(21)24)12-15-6-3-2-4-7-15;;/h2-9,11,14H,10,12-13,20H2,1H3,(H2,21,24)(H,22,25);2*1H. The zero-order valence-corrected chi connectivity index (χ0v) is 16.8. The lowest BCUT2D eigenvalue weighted by Crippen LogP contribution is -2.33. The highest BCUT2D eigenvalue weighted by molar-refractivity contribution is 5.91. The van der Waals surface area contributed by atoms with E-state index in [1.54, 1.807) is 13.0 Å². The van der Waals surface area contributed by atoms with E-state index in [1.807, 2.05) is 53.4 Å². The second-order valence-electron chi connectivity index (χ2n) is 6.09. The van der Waals surface area contributed by atoms with Crippen LogP contribution in [-0.2, 0) is 16.1 Å². The summed E-state index contributed by atoms with van der Waals surface area (Å²) < 4.78 is 0. The van der Waals surface area contributed by atoms with Gasteiger partial charge in [0.1, 0.15) is 0 Å². The van der Waals surface area contributed by atoms with Crippen molar-refractivity contribution in [1.29, 1.82) is 0 Å². The average molecular weight is 413 g/mol.